The summed E-state index contributed by atoms with van der Waals surface area (Å²) in [6, 6.07) is 18.5. The summed E-state index contributed by atoms with van der Waals surface area (Å²) in [4.78, 5) is 4.77. The lowest BCUT2D eigenvalue weighted by Crippen LogP contribution is -1.98. The van der Waals surface area contributed by atoms with Gasteiger partial charge < -0.3 is 4.74 Å². The zero-order valence-corrected chi connectivity index (χ0v) is 18.9. The second kappa shape index (κ2) is 8.13. The minimum absolute atomic E-state index is 0.296. The molecule has 164 valence electrons. The molecule has 5 aromatic rings. The van der Waals surface area contributed by atoms with Crippen LogP contribution in [0.2, 0.25) is 0 Å². The van der Waals surface area contributed by atoms with E-state index >= 15 is 0 Å². The van der Waals surface area contributed by atoms with Gasteiger partial charge in [-0.05, 0) is 92.4 Å². The highest BCUT2D eigenvalue weighted by atomic mass is 19.1. The van der Waals surface area contributed by atoms with Crippen LogP contribution in [0, 0.1) is 33.5 Å². The van der Waals surface area contributed by atoms with E-state index in [1.807, 2.05) is 36.5 Å². The third kappa shape index (κ3) is 3.96. The molecule has 5 nitrogen and oxygen atoms in total. The van der Waals surface area contributed by atoms with Crippen molar-refractivity contribution in [3.63, 3.8) is 0 Å². The fourth-order valence-corrected chi connectivity index (χ4v) is 3.77. The molecular weight excluding hydrogens is 415 g/mol. The van der Waals surface area contributed by atoms with Crippen molar-refractivity contribution in [2.45, 2.75) is 27.7 Å². The SMILES string of the molecule is Cc1ccc(Oc2cccc3nc(-c4cn(-c5cc(C)c(C)c(C)c5)nn4)ccc23)cc1F. The Morgan fingerprint density at radius 3 is 2.36 bits per heavy atom. The van der Waals surface area contributed by atoms with Crippen molar-refractivity contribution in [3.8, 4) is 28.6 Å². The Bertz CT molecular complexity index is 1480. The summed E-state index contributed by atoms with van der Waals surface area (Å²) in [7, 11) is 0. The molecule has 0 spiro atoms. The molecule has 0 atom stereocenters. The summed E-state index contributed by atoms with van der Waals surface area (Å²) in [5.41, 5.74) is 7.41. The van der Waals surface area contributed by atoms with E-state index in [-0.39, 0.29) is 5.82 Å². The van der Waals surface area contributed by atoms with Crippen molar-refractivity contribution in [2.75, 3.05) is 0 Å². The van der Waals surface area contributed by atoms with Gasteiger partial charge in [0.25, 0.3) is 0 Å². The average Bonchev–Trinajstić information content (AvgIpc) is 3.30. The maximum absolute atomic E-state index is 13.9. The van der Waals surface area contributed by atoms with Gasteiger partial charge in [-0.25, -0.2) is 14.1 Å². The third-order valence-electron chi connectivity index (χ3n) is 6.00. The van der Waals surface area contributed by atoms with Crippen molar-refractivity contribution in [1.82, 2.24) is 20.0 Å². The average molecular weight is 439 g/mol. The van der Waals surface area contributed by atoms with Crippen molar-refractivity contribution >= 4 is 10.9 Å². The Labute approximate surface area is 191 Å². The summed E-state index contributed by atoms with van der Waals surface area (Å²) in [5, 5.41) is 9.48. The van der Waals surface area contributed by atoms with Gasteiger partial charge in [0.05, 0.1) is 23.1 Å². The van der Waals surface area contributed by atoms with Crippen LogP contribution in [0.5, 0.6) is 11.5 Å². The van der Waals surface area contributed by atoms with E-state index in [0.717, 1.165) is 16.6 Å². The molecule has 0 radical (unpaired) electrons. The Morgan fingerprint density at radius 2 is 1.61 bits per heavy atom. The van der Waals surface area contributed by atoms with Gasteiger partial charge in [0.2, 0.25) is 0 Å². The lowest BCUT2D eigenvalue weighted by atomic mass is 10.0. The minimum atomic E-state index is -0.296. The molecule has 2 heterocycles. The number of hydrogen-bond acceptors (Lipinski definition) is 4. The van der Waals surface area contributed by atoms with Crippen molar-refractivity contribution in [3.05, 3.63) is 94.9 Å². The zero-order valence-electron chi connectivity index (χ0n) is 18.9. The van der Waals surface area contributed by atoms with Gasteiger partial charge in [0, 0.05) is 11.5 Å². The molecule has 0 aliphatic rings. The van der Waals surface area contributed by atoms with Crippen LogP contribution in [0.3, 0.4) is 0 Å². The lowest BCUT2D eigenvalue weighted by Gasteiger charge is -2.10. The predicted molar refractivity (Wildman–Crippen MR) is 128 cm³/mol. The van der Waals surface area contributed by atoms with E-state index in [1.54, 1.807) is 23.7 Å². The van der Waals surface area contributed by atoms with E-state index in [0.29, 0.717) is 28.5 Å². The summed E-state index contributed by atoms with van der Waals surface area (Å²) in [6.45, 7) is 8.03. The summed E-state index contributed by atoms with van der Waals surface area (Å²) < 4.78 is 21.6. The molecule has 33 heavy (non-hydrogen) atoms. The first-order valence-electron chi connectivity index (χ1n) is 10.7. The maximum Gasteiger partial charge on any atom is 0.136 e. The quantitative estimate of drug-likeness (QED) is 0.315. The molecule has 0 N–H and O–H groups in total. The van der Waals surface area contributed by atoms with Gasteiger partial charge in [0.1, 0.15) is 23.0 Å². The monoisotopic (exact) mass is 438 g/mol. The van der Waals surface area contributed by atoms with Crippen LogP contribution >= 0.6 is 0 Å². The Morgan fingerprint density at radius 1 is 0.818 bits per heavy atom. The van der Waals surface area contributed by atoms with Crippen molar-refractivity contribution in [1.29, 1.82) is 0 Å². The third-order valence-corrected chi connectivity index (χ3v) is 6.00. The Kier molecular flexibility index (Phi) is 5.13. The van der Waals surface area contributed by atoms with Crippen LogP contribution in [-0.4, -0.2) is 20.0 Å². The van der Waals surface area contributed by atoms with E-state index in [9.17, 15) is 4.39 Å². The highest BCUT2D eigenvalue weighted by Gasteiger charge is 2.12. The second-order valence-corrected chi connectivity index (χ2v) is 8.29. The van der Waals surface area contributed by atoms with Gasteiger partial charge >= 0.3 is 0 Å². The van der Waals surface area contributed by atoms with Crippen molar-refractivity contribution in [2.24, 2.45) is 0 Å². The lowest BCUT2D eigenvalue weighted by molar-refractivity contribution is 0.481. The summed E-state index contributed by atoms with van der Waals surface area (Å²) in [5.74, 6) is 0.764. The number of nitrogens with zero attached hydrogens (tertiary/aromatic N) is 4. The number of aryl methyl sites for hydroxylation is 3. The molecule has 5 rings (SSSR count). The first-order valence-corrected chi connectivity index (χ1v) is 10.7. The number of ether oxygens (including phenoxy) is 1. The van der Waals surface area contributed by atoms with Gasteiger partial charge in [0.15, 0.2) is 0 Å². The van der Waals surface area contributed by atoms with Gasteiger partial charge in [-0.1, -0.05) is 17.3 Å². The van der Waals surface area contributed by atoms with Gasteiger partial charge in [-0.3, -0.25) is 0 Å². The first-order chi connectivity index (χ1) is 15.9. The van der Waals surface area contributed by atoms with Crippen LogP contribution in [0.15, 0.2) is 66.9 Å². The zero-order chi connectivity index (χ0) is 23.1. The highest BCUT2D eigenvalue weighted by Crippen LogP contribution is 2.31. The number of pyridine rings is 1. The molecular formula is C27H23FN4O. The number of hydrogen-bond donors (Lipinski definition) is 0. The van der Waals surface area contributed by atoms with Gasteiger partial charge in [-0.15, -0.1) is 5.10 Å². The van der Waals surface area contributed by atoms with Crippen LogP contribution in [0.1, 0.15) is 22.3 Å². The second-order valence-electron chi connectivity index (χ2n) is 8.29. The maximum atomic E-state index is 13.9. The number of rotatable bonds is 4. The topological polar surface area (TPSA) is 52.8 Å². The number of benzene rings is 3. The highest BCUT2D eigenvalue weighted by molar-refractivity contribution is 5.87. The molecule has 3 aromatic carbocycles. The molecule has 0 unspecified atom stereocenters. The van der Waals surface area contributed by atoms with Crippen LogP contribution in [0.4, 0.5) is 4.39 Å². The molecule has 0 aliphatic carbocycles. The first kappa shape index (κ1) is 20.8. The van der Waals surface area contributed by atoms with Gasteiger partial charge in [-0.2, -0.15) is 0 Å². The largest absolute Gasteiger partial charge is 0.457 e. The number of fused-ring (bicyclic) bond motifs is 1. The molecule has 0 amide bonds. The molecule has 6 heteroatoms. The van der Waals surface area contributed by atoms with Crippen LogP contribution < -0.4 is 4.74 Å². The standard InChI is InChI=1S/C27H23FN4O/c1-16-8-9-21(14-23(16)28)33-27-7-5-6-24-22(27)10-11-25(29-24)26-15-32(31-30-26)20-12-17(2)19(4)18(3)13-20/h5-15H,1-4H3. The van der Waals surface area contributed by atoms with E-state index in [2.05, 4.69) is 43.2 Å². The summed E-state index contributed by atoms with van der Waals surface area (Å²) >= 11 is 0. The molecule has 0 saturated heterocycles. The van der Waals surface area contributed by atoms with Crippen molar-refractivity contribution < 1.29 is 9.13 Å². The molecule has 0 bridgehead atoms. The number of aromatic nitrogens is 4. The molecule has 0 saturated carbocycles. The van der Waals surface area contributed by atoms with E-state index < -0.39 is 0 Å². The number of halogens is 1. The fraction of sp³-hybridized carbons (Fsp3) is 0.148. The molecule has 2 aromatic heterocycles. The van der Waals surface area contributed by atoms with E-state index in [1.165, 1.54) is 22.8 Å². The van der Waals surface area contributed by atoms with Crippen LogP contribution in [-0.2, 0) is 0 Å². The molecule has 0 aliphatic heterocycles. The fourth-order valence-electron chi connectivity index (χ4n) is 3.77. The van der Waals surface area contributed by atoms with E-state index in [4.69, 9.17) is 9.72 Å². The smallest absolute Gasteiger partial charge is 0.136 e. The summed E-state index contributed by atoms with van der Waals surface area (Å²) in [6.07, 6.45) is 1.88. The Hall–Kier alpha value is -4.06. The predicted octanol–water partition coefficient (Wildman–Crippen LogP) is 6.65. The minimum Gasteiger partial charge on any atom is -0.457 e. The normalized spacial score (nSPS) is 11.2. The van der Waals surface area contributed by atoms with Crippen LogP contribution in [0.25, 0.3) is 28.0 Å². The Balaban J connectivity index is 1.48. The molecule has 0 fully saturated rings.